The Morgan fingerprint density at radius 3 is 2.25 bits per heavy atom. The van der Waals surface area contributed by atoms with Crippen molar-refractivity contribution >= 4 is 17.7 Å². The summed E-state index contributed by atoms with van der Waals surface area (Å²) >= 11 is 0. The van der Waals surface area contributed by atoms with E-state index in [-0.39, 0.29) is 23.8 Å². The van der Waals surface area contributed by atoms with Crippen LogP contribution in [0.4, 0.5) is 0 Å². The summed E-state index contributed by atoms with van der Waals surface area (Å²) in [5.74, 6) is -0.458. The van der Waals surface area contributed by atoms with Crippen LogP contribution >= 0.6 is 0 Å². The molecule has 1 aromatic carbocycles. The Labute approximate surface area is 142 Å². The number of hydrogen-bond donors (Lipinski definition) is 1. The molecular weight excluding hydrogens is 306 g/mol. The van der Waals surface area contributed by atoms with Crippen LogP contribution in [-0.2, 0) is 4.79 Å². The first-order valence-electron chi connectivity index (χ1n) is 8.41. The molecule has 2 rings (SSSR count). The number of imide groups is 1. The first-order valence-corrected chi connectivity index (χ1v) is 8.41. The van der Waals surface area contributed by atoms with Gasteiger partial charge in [0.2, 0.25) is 5.91 Å². The first-order chi connectivity index (χ1) is 11.4. The molecule has 3 amide bonds. The summed E-state index contributed by atoms with van der Waals surface area (Å²) in [6.45, 7) is 7.95. The van der Waals surface area contributed by atoms with Crippen molar-refractivity contribution in [2.75, 3.05) is 26.2 Å². The van der Waals surface area contributed by atoms with Gasteiger partial charge in [-0.1, -0.05) is 19.1 Å². The Kier molecular flexibility index (Phi) is 6.09. The van der Waals surface area contributed by atoms with Gasteiger partial charge in [0, 0.05) is 19.1 Å². The molecule has 0 fully saturated rings. The van der Waals surface area contributed by atoms with Crippen LogP contribution in [-0.4, -0.2) is 59.7 Å². The molecule has 1 N–H and O–H groups in total. The molecule has 0 atom stereocenters. The number of hydrogen-bond acceptors (Lipinski definition) is 4. The van der Waals surface area contributed by atoms with Gasteiger partial charge >= 0.3 is 0 Å². The van der Waals surface area contributed by atoms with E-state index in [0.29, 0.717) is 37.2 Å². The molecule has 24 heavy (non-hydrogen) atoms. The van der Waals surface area contributed by atoms with E-state index in [1.807, 2.05) is 25.7 Å². The minimum absolute atomic E-state index is 0.00687. The zero-order chi connectivity index (χ0) is 17.7. The maximum Gasteiger partial charge on any atom is 0.261 e. The lowest BCUT2D eigenvalue weighted by Gasteiger charge is -2.22. The maximum atomic E-state index is 12.3. The molecule has 0 saturated carbocycles. The van der Waals surface area contributed by atoms with Crippen molar-refractivity contribution in [2.24, 2.45) is 0 Å². The number of likely N-dealkylation sites (N-methyl/N-ethyl adjacent to an activating group) is 1. The van der Waals surface area contributed by atoms with E-state index < -0.39 is 0 Å². The average Bonchev–Trinajstić information content (AvgIpc) is 2.78. The van der Waals surface area contributed by atoms with Crippen molar-refractivity contribution in [1.29, 1.82) is 0 Å². The Hall–Kier alpha value is -2.21. The Morgan fingerprint density at radius 2 is 1.75 bits per heavy atom. The van der Waals surface area contributed by atoms with Crippen LogP contribution < -0.4 is 5.32 Å². The predicted octanol–water partition coefficient (Wildman–Crippen LogP) is 1.52. The second kappa shape index (κ2) is 8.06. The lowest BCUT2D eigenvalue weighted by atomic mass is 10.1. The number of carbonyl (C=O) groups excluding carboxylic acids is 3. The van der Waals surface area contributed by atoms with Gasteiger partial charge in [-0.15, -0.1) is 0 Å². The van der Waals surface area contributed by atoms with Crippen molar-refractivity contribution in [2.45, 2.75) is 33.2 Å². The van der Waals surface area contributed by atoms with Crippen LogP contribution in [0.15, 0.2) is 24.3 Å². The van der Waals surface area contributed by atoms with Crippen molar-refractivity contribution in [3.63, 3.8) is 0 Å². The van der Waals surface area contributed by atoms with Gasteiger partial charge in [-0.05, 0) is 38.9 Å². The van der Waals surface area contributed by atoms with Gasteiger partial charge in [0.25, 0.3) is 11.8 Å². The van der Waals surface area contributed by atoms with Crippen molar-refractivity contribution in [3.8, 4) is 0 Å². The fourth-order valence-electron chi connectivity index (χ4n) is 2.81. The molecule has 0 bridgehead atoms. The molecule has 0 unspecified atom stereocenters. The smallest absolute Gasteiger partial charge is 0.261 e. The highest BCUT2D eigenvalue weighted by Crippen LogP contribution is 2.22. The summed E-state index contributed by atoms with van der Waals surface area (Å²) in [7, 11) is 0. The van der Waals surface area contributed by atoms with Gasteiger partial charge in [0.1, 0.15) is 0 Å². The van der Waals surface area contributed by atoms with E-state index in [1.165, 1.54) is 4.90 Å². The van der Waals surface area contributed by atoms with Gasteiger partial charge < -0.3 is 5.32 Å². The number of rotatable bonds is 8. The second-order valence-corrected chi connectivity index (χ2v) is 6.25. The van der Waals surface area contributed by atoms with Crippen molar-refractivity contribution in [3.05, 3.63) is 35.4 Å². The third-order valence-corrected chi connectivity index (χ3v) is 4.00. The maximum absolute atomic E-state index is 12.3. The van der Waals surface area contributed by atoms with Crippen LogP contribution in [0.2, 0.25) is 0 Å². The highest BCUT2D eigenvalue weighted by Gasteiger charge is 2.34. The number of fused-ring (bicyclic) bond motifs is 1. The fraction of sp³-hybridized carbons (Fsp3) is 0.500. The van der Waals surface area contributed by atoms with E-state index >= 15 is 0 Å². The van der Waals surface area contributed by atoms with E-state index in [2.05, 4.69) is 5.32 Å². The molecule has 0 radical (unpaired) electrons. The van der Waals surface area contributed by atoms with E-state index in [0.717, 1.165) is 6.54 Å². The zero-order valence-electron chi connectivity index (χ0n) is 14.5. The summed E-state index contributed by atoms with van der Waals surface area (Å²) in [6, 6.07) is 7.02. The first kappa shape index (κ1) is 18.1. The third kappa shape index (κ3) is 4.20. The van der Waals surface area contributed by atoms with Gasteiger partial charge in [-0.3, -0.25) is 24.2 Å². The van der Waals surface area contributed by atoms with Crippen molar-refractivity contribution in [1.82, 2.24) is 15.1 Å². The third-order valence-electron chi connectivity index (χ3n) is 4.00. The van der Waals surface area contributed by atoms with E-state index in [4.69, 9.17) is 0 Å². The molecule has 6 nitrogen and oxygen atoms in total. The Bertz CT molecular complexity index is 593. The Balaban J connectivity index is 1.84. The lowest BCUT2D eigenvalue weighted by Crippen LogP contribution is -2.41. The number of carbonyl (C=O) groups is 3. The predicted molar refractivity (Wildman–Crippen MR) is 91.8 cm³/mol. The molecule has 1 heterocycles. The summed E-state index contributed by atoms with van der Waals surface area (Å²) in [5, 5.41) is 2.87. The Morgan fingerprint density at radius 1 is 1.17 bits per heavy atom. The highest BCUT2D eigenvalue weighted by molar-refractivity contribution is 6.21. The monoisotopic (exact) mass is 331 g/mol. The number of benzene rings is 1. The summed E-state index contributed by atoms with van der Waals surface area (Å²) in [6.07, 6.45) is 0.647. The topological polar surface area (TPSA) is 69.7 Å². The van der Waals surface area contributed by atoms with Crippen molar-refractivity contribution < 1.29 is 14.4 Å². The molecule has 0 aromatic heterocycles. The van der Waals surface area contributed by atoms with Gasteiger partial charge in [-0.2, -0.15) is 0 Å². The summed E-state index contributed by atoms with van der Waals surface area (Å²) in [5.41, 5.74) is 0.956. The minimum Gasteiger partial charge on any atom is -0.353 e. The second-order valence-electron chi connectivity index (χ2n) is 6.25. The van der Waals surface area contributed by atoms with E-state index in [1.54, 1.807) is 24.3 Å². The molecule has 1 aromatic rings. The summed E-state index contributed by atoms with van der Waals surface area (Å²) < 4.78 is 0. The number of nitrogens with one attached hydrogen (secondary N) is 1. The number of amides is 3. The van der Waals surface area contributed by atoms with Crippen LogP contribution in [0, 0.1) is 0 Å². The molecule has 0 saturated heterocycles. The molecule has 0 aliphatic carbocycles. The molecule has 1 aliphatic heterocycles. The highest BCUT2D eigenvalue weighted by atomic mass is 16.2. The van der Waals surface area contributed by atoms with Gasteiger partial charge in [0.15, 0.2) is 0 Å². The molecule has 6 heteroatoms. The average molecular weight is 331 g/mol. The largest absolute Gasteiger partial charge is 0.353 e. The molecule has 1 aliphatic rings. The minimum atomic E-state index is -0.226. The van der Waals surface area contributed by atoms with Crippen LogP contribution in [0.3, 0.4) is 0 Å². The van der Waals surface area contributed by atoms with Gasteiger partial charge in [0.05, 0.1) is 17.7 Å². The normalized spacial score (nSPS) is 13.8. The summed E-state index contributed by atoms with van der Waals surface area (Å²) in [4.78, 5) is 39.7. The molecular formula is C18H25N3O3. The van der Waals surface area contributed by atoms with Gasteiger partial charge in [-0.25, -0.2) is 0 Å². The fourth-order valence-corrected chi connectivity index (χ4v) is 2.81. The van der Waals surface area contributed by atoms with Crippen LogP contribution in [0.1, 0.15) is 47.9 Å². The molecule has 130 valence electrons. The van der Waals surface area contributed by atoms with E-state index in [9.17, 15) is 14.4 Å². The SMILES string of the molecule is CCN(CCCN1C(=O)c2ccccc2C1=O)CC(=O)NC(C)C. The van der Waals surface area contributed by atoms with Crippen LogP contribution in [0.5, 0.6) is 0 Å². The quantitative estimate of drug-likeness (QED) is 0.733. The standard InChI is InChI=1S/C18H25N3O3/c1-4-20(12-16(22)19-13(2)3)10-7-11-21-17(23)14-8-5-6-9-15(14)18(21)24/h5-6,8-9,13H,4,7,10-12H2,1-3H3,(H,19,22). The lowest BCUT2D eigenvalue weighted by molar-refractivity contribution is -0.122. The number of nitrogens with zero attached hydrogens (tertiary/aromatic N) is 2. The molecule has 0 spiro atoms. The zero-order valence-corrected chi connectivity index (χ0v) is 14.5. The van der Waals surface area contributed by atoms with Crippen LogP contribution in [0.25, 0.3) is 0 Å².